The maximum atomic E-state index is 13.1. The molecule has 7 heteroatoms. The Kier molecular flexibility index (Phi) is 5.76. The summed E-state index contributed by atoms with van der Waals surface area (Å²) >= 11 is 12.4. The first-order valence-corrected chi connectivity index (χ1v) is 10.0. The maximum absolute atomic E-state index is 13.1. The number of nitrogens with zero attached hydrogens (tertiary/aromatic N) is 1. The molecular weight excluding hydrogens is 387 g/mol. The fourth-order valence-corrected chi connectivity index (χ4v) is 4.18. The highest BCUT2D eigenvalue weighted by atomic mass is 35.5. The summed E-state index contributed by atoms with van der Waals surface area (Å²) in [5.41, 5.74) is 2.01. The van der Waals surface area contributed by atoms with E-state index in [9.17, 15) is 9.59 Å². The van der Waals surface area contributed by atoms with Crippen LogP contribution in [0.1, 0.15) is 37.3 Å². The SMILES string of the molecule is Cc1cccc(NC(=O)CN(C[C@H]2CCCO2)C(=O)[C@@]2(C)CC2(Cl)Cl)c1C. The quantitative estimate of drug-likeness (QED) is 0.722. The van der Waals surface area contributed by atoms with Crippen LogP contribution in [0.3, 0.4) is 0 Å². The van der Waals surface area contributed by atoms with E-state index < -0.39 is 9.75 Å². The molecule has 0 aromatic heterocycles. The first kappa shape index (κ1) is 20.4. The van der Waals surface area contributed by atoms with Crippen LogP contribution in [-0.2, 0) is 14.3 Å². The zero-order valence-corrected chi connectivity index (χ0v) is 17.5. The molecule has 2 amide bonds. The fraction of sp³-hybridized carbons (Fsp3) is 0.600. The topological polar surface area (TPSA) is 58.6 Å². The van der Waals surface area contributed by atoms with Gasteiger partial charge in [0.15, 0.2) is 0 Å². The van der Waals surface area contributed by atoms with Crippen molar-refractivity contribution in [1.29, 1.82) is 0 Å². The van der Waals surface area contributed by atoms with Gasteiger partial charge in [0.1, 0.15) is 4.33 Å². The Labute approximate surface area is 170 Å². The Hall–Kier alpha value is -1.30. The van der Waals surface area contributed by atoms with E-state index in [0.717, 1.165) is 29.7 Å². The van der Waals surface area contributed by atoms with Crippen LogP contribution in [0.15, 0.2) is 18.2 Å². The second-order valence-corrected chi connectivity index (χ2v) is 9.31. The van der Waals surface area contributed by atoms with Gasteiger partial charge >= 0.3 is 0 Å². The molecule has 1 aliphatic carbocycles. The number of anilines is 1. The van der Waals surface area contributed by atoms with Gasteiger partial charge < -0.3 is 15.0 Å². The summed E-state index contributed by atoms with van der Waals surface area (Å²) in [5, 5.41) is 2.91. The Bertz CT molecular complexity index is 747. The summed E-state index contributed by atoms with van der Waals surface area (Å²) < 4.78 is 4.59. The van der Waals surface area contributed by atoms with Gasteiger partial charge in [-0.25, -0.2) is 0 Å². The third-order valence-corrected chi connectivity index (χ3v) is 6.78. The molecule has 1 aromatic rings. The van der Waals surface area contributed by atoms with Gasteiger partial charge in [-0.2, -0.15) is 0 Å². The molecule has 1 heterocycles. The number of rotatable bonds is 6. The number of benzene rings is 1. The van der Waals surface area contributed by atoms with Crippen molar-refractivity contribution in [3.05, 3.63) is 29.3 Å². The van der Waals surface area contributed by atoms with Gasteiger partial charge in [-0.3, -0.25) is 9.59 Å². The molecule has 1 aromatic carbocycles. The van der Waals surface area contributed by atoms with Crippen molar-refractivity contribution in [2.75, 3.05) is 25.0 Å². The lowest BCUT2D eigenvalue weighted by atomic mass is 10.1. The lowest BCUT2D eigenvalue weighted by molar-refractivity contribution is -0.140. The van der Waals surface area contributed by atoms with Crippen LogP contribution in [-0.4, -0.2) is 46.8 Å². The lowest BCUT2D eigenvalue weighted by Crippen LogP contribution is -2.46. The Morgan fingerprint density at radius 1 is 1.33 bits per heavy atom. The molecule has 27 heavy (non-hydrogen) atoms. The number of ether oxygens (including phenoxy) is 1. The third kappa shape index (κ3) is 4.25. The summed E-state index contributed by atoms with van der Waals surface area (Å²) in [7, 11) is 0. The minimum atomic E-state index is -1.07. The van der Waals surface area contributed by atoms with Crippen LogP contribution in [0.4, 0.5) is 5.69 Å². The Morgan fingerprint density at radius 2 is 2.04 bits per heavy atom. The highest BCUT2D eigenvalue weighted by Gasteiger charge is 2.68. The van der Waals surface area contributed by atoms with E-state index >= 15 is 0 Å². The van der Waals surface area contributed by atoms with Crippen LogP contribution in [0.25, 0.3) is 0 Å². The normalized spacial score (nSPS) is 25.9. The van der Waals surface area contributed by atoms with E-state index in [-0.39, 0.29) is 24.5 Å². The lowest BCUT2D eigenvalue weighted by Gasteiger charge is -2.28. The summed E-state index contributed by atoms with van der Waals surface area (Å²) in [6.07, 6.45) is 2.19. The van der Waals surface area contributed by atoms with Gasteiger partial charge in [0.2, 0.25) is 11.8 Å². The van der Waals surface area contributed by atoms with Crippen molar-refractivity contribution in [3.63, 3.8) is 0 Å². The van der Waals surface area contributed by atoms with Gasteiger partial charge in [-0.05, 0) is 57.2 Å². The molecule has 0 unspecified atom stereocenters. The van der Waals surface area contributed by atoms with Crippen LogP contribution in [0.5, 0.6) is 0 Å². The predicted octanol–water partition coefficient (Wildman–Crippen LogP) is 3.83. The number of carbonyl (C=O) groups is 2. The van der Waals surface area contributed by atoms with Crippen molar-refractivity contribution in [2.45, 2.75) is 50.5 Å². The number of hydrogen-bond acceptors (Lipinski definition) is 3. The number of aryl methyl sites for hydroxylation is 1. The number of alkyl halides is 2. The average molecular weight is 413 g/mol. The Morgan fingerprint density at radius 3 is 2.63 bits per heavy atom. The molecule has 148 valence electrons. The van der Waals surface area contributed by atoms with E-state index in [1.54, 1.807) is 11.8 Å². The van der Waals surface area contributed by atoms with E-state index in [4.69, 9.17) is 27.9 Å². The molecule has 0 spiro atoms. The van der Waals surface area contributed by atoms with E-state index in [1.807, 2.05) is 32.0 Å². The first-order valence-electron chi connectivity index (χ1n) is 9.29. The molecule has 1 saturated heterocycles. The van der Waals surface area contributed by atoms with Crippen LogP contribution in [0, 0.1) is 19.3 Å². The van der Waals surface area contributed by atoms with Crippen LogP contribution in [0.2, 0.25) is 0 Å². The van der Waals surface area contributed by atoms with Gasteiger partial charge in [0.25, 0.3) is 0 Å². The smallest absolute Gasteiger partial charge is 0.244 e. The number of carbonyl (C=O) groups excluding carboxylic acids is 2. The molecule has 2 aliphatic rings. The van der Waals surface area contributed by atoms with Crippen LogP contribution < -0.4 is 5.32 Å². The van der Waals surface area contributed by atoms with Crippen molar-refractivity contribution < 1.29 is 14.3 Å². The minimum absolute atomic E-state index is 0.0501. The van der Waals surface area contributed by atoms with Gasteiger partial charge in [0.05, 0.1) is 18.1 Å². The summed E-state index contributed by atoms with van der Waals surface area (Å²) in [5.74, 6) is -0.437. The fourth-order valence-electron chi connectivity index (χ4n) is 3.48. The third-order valence-electron chi connectivity index (χ3n) is 5.68. The number of amides is 2. The maximum Gasteiger partial charge on any atom is 0.244 e. The second-order valence-electron chi connectivity index (χ2n) is 7.83. The zero-order chi connectivity index (χ0) is 19.8. The van der Waals surface area contributed by atoms with Gasteiger partial charge in [0, 0.05) is 18.8 Å². The van der Waals surface area contributed by atoms with Crippen molar-refractivity contribution in [1.82, 2.24) is 4.90 Å². The molecular formula is C20H26Cl2N2O3. The summed E-state index contributed by atoms with van der Waals surface area (Å²) in [6, 6.07) is 5.75. The Balaban J connectivity index is 1.71. The average Bonchev–Trinajstić information content (AvgIpc) is 2.94. The van der Waals surface area contributed by atoms with Gasteiger partial charge in [-0.1, -0.05) is 12.1 Å². The molecule has 2 fully saturated rings. The van der Waals surface area contributed by atoms with Crippen molar-refractivity contribution in [3.8, 4) is 0 Å². The molecule has 2 atom stereocenters. The predicted molar refractivity (Wildman–Crippen MR) is 107 cm³/mol. The van der Waals surface area contributed by atoms with E-state index in [2.05, 4.69) is 5.32 Å². The largest absolute Gasteiger partial charge is 0.376 e. The molecule has 5 nitrogen and oxygen atoms in total. The molecule has 1 N–H and O–H groups in total. The van der Waals surface area contributed by atoms with E-state index in [1.165, 1.54) is 0 Å². The minimum Gasteiger partial charge on any atom is -0.376 e. The molecule has 0 bridgehead atoms. The summed E-state index contributed by atoms with van der Waals surface area (Å²) in [6.45, 7) is 6.71. The van der Waals surface area contributed by atoms with Crippen LogP contribution >= 0.6 is 23.2 Å². The number of nitrogens with one attached hydrogen (secondary N) is 1. The first-order chi connectivity index (χ1) is 12.6. The zero-order valence-electron chi connectivity index (χ0n) is 16.0. The highest BCUT2D eigenvalue weighted by molar-refractivity contribution is 6.53. The van der Waals surface area contributed by atoms with Gasteiger partial charge in [-0.15, -0.1) is 23.2 Å². The monoisotopic (exact) mass is 412 g/mol. The standard InChI is InChI=1S/C20H26Cl2N2O3/c1-13-6-4-8-16(14(13)2)23-17(25)11-24(10-15-7-5-9-27-15)18(26)19(3)12-20(19,21)22/h4,6,8,15H,5,7,9-12H2,1-3H3,(H,23,25)/t15-,19-/m1/s1. The number of hydrogen-bond donors (Lipinski definition) is 1. The molecule has 1 saturated carbocycles. The van der Waals surface area contributed by atoms with Crippen molar-refractivity contribution >= 4 is 40.7 Å². The molecule has 0 radical (unpaired) electrons. The highest BCUT2D eigenvalue weighted by Crippen LogP contribution is 2.64. The van der Waals surface area contributed by atoms with Crippen molar-refractivity contribution in [2.24, 2.45) is 5.41 Å². The molecule has 3 rings (SSSR count). The number of halogens is 2. The summed E-state index contributed by atoms with van der Waals surface area (Å²) in [4.78, 5) is 27.3. The van der Waals surface area contributed by atoms with E-state index in [0.29, 0.717) is 19.6 Å². The second kappa shape index (κ2) is 7.61. The molecule has 1 aliphatic heterocycles.